The molecule has 21 heavy (non-hydrogen) atoms. The summed E-state index contributed by atoms with van der Waals surface area (Å²) < 4.78 is 0. The van der Waals surface area contributed by atoms with Crippen LogP contribution in [0.4, 0.5) is 5.82 Å². The van der Waals surface area contributed by atoms with Crippen LogP contribution < -0.4 is 4.90 Å². The van der Waals surface area contributed by atoms with Gasteiger partial charge in [-0.3, -0.25) is 4.90 Å². The average molecular weight is 289 g/mol. The van der Waals surface area contributed by atoms with Crippen LogP contribution in [0.5, 0.6) is 0 Å². The fraction of sp³-hybridized carbons (Fsp3) is 0.722. The van der Waals surface area contributed by atoms with E-state index in [4.69, 9.17) is 4.98 Å². The standard InChI is InChI=1S/C18H31N3/c1-6-20-13-8-7-11-17(20)16-10-9-12-19-18(16)21(14(2)3)15(4)5/h9-10,12,14-15,17H,6-8,11,13H2,1-5H3/t17-/m0/s1. The third kappa shape index (κ3) is 3.57. The molecule has 1 atom stereocenters. The molecule has 0 radical (unpaired) electrons. The zero-order valence-electron chi connectivity index (χ0n) is 14.3. The summed E-state index contributed by atoms with van der Waals surface area (Å²) in [6, 6.07) is 5.86. The molecule has 0 aromatic carbocycles. The number of likely N-dealkylation sites (tertiary alicyclic amines) is 1. The monoisotopic (exact) mass is 289 g/mol. The van der Waals surface area contributed by atoms with Gasteiger partial charge in [0.05, 0.1) is 0 Å². The summed E-state index contributed by atoms with van der Waals surface area (Å²) in [5.74, 6) is 1.19. The lowest BCUT2D eigenvalue weighted by atomic mass is 9.95. The van der Waals surface area contributed by atoms with E-state index in [1.54, 1.807) is 0 Å². The summed E-state index contributed by atoms with van der Waals surface area (Å²) >= 11 is 0. The Morgan fingerprint density at radius 2 is 1.95 bits per heavy atom. The molecule has 1 aromatic rings. The fourth-order valence-electron chi connectivity index (χ4n) is 3.69. The van der Waals surface area contributed by atoms with Gasteiger partial charge >= 0.3 is 0 Å². The maximum absolute atomic E-state index is 4.76. The van der Waals surface area contributed by atoms with E-state index >= 15 is 0 Å². The maximum Gasteiger partial charge on any atom is 0.133 e. The van der Waals surface area contributed by atoms with Crippen molar-refractivity contribution < 1.29 is 0 Å². The summed E-state index contributed by atoms with van der Waals surface area (Å²) in [7, 11) is 0. The first-order valence-corrected chi connectivity index (χ1v) is 8.53. The van der Waals surface area contributed by atoms with E-state index < -0.39 is 0 Å². The van der Waals surface area contributed by atoms with Crippen molar-refractivity contribution in [1.29, 1.82) is 0 Å². The van der Waals surface area contributed by atoms with Gasteiger partial charge in [-0.1, -0.05) is 19.4 Å². The van der Waals surface area contributed by atoms with E-state index in [2.05, 4.69) is 56.6 Å². The fourth-order valence-corrected chi connectivity index (χ4v) is 3.69. The van der Waals surface area contributed by atoms with Gasteiger partial charge in [-0.05, 0) is 59.7 Å². The van der Waals surface area contributed by atoms with Gasteiger partial charge in [0.2, 0.25) is 0 Å². The van der Waals surface area contributed by atoms with Crippen molar-refractivity contribution in [2.24, 2.45) is 0 Å². The van der Waals surface area contributed by atoms with Crippen LogP contribution in [0.15, 0.2) is 18.3 Å². The molecule has 118 valence electrons. The number of pyridine rings is 1. The normalized spacial score (nSPS) is 20.2. The second kappa shape index (κ2) is 7.26. The predicted molar refractivity (Wildman–Crippen MR) is 90.8 cm³/mol. The summed E-state index contributed by atoms with van der Waals surface area (Å²) in [6.07, 6.45) is 5.86. The zero-order valence-corrected chi connectivity index (χ0v) is 14.3. The van der Waals surface area contributed by atoms with Crippen molar-refractivity contribution in [3.63, 3.8) is 0 Å². The Morgan fingerprint density at radius 1 is 1.24 bits per heavy atom. The molecule has 0 aliphatic carbocycles. The van der Waals surface area contributed by atoms with Gasteiger partial charge in [-0.2, -0.15) is 0 Å². The summed E-state index contributed by atoms with van der Waals surface area (Å²) in [5, 5.41) is 0. The van der Waals surface area contributed by atoms with E-state index in [1.165, 1.54) is 37.2 Å². The van der Waals surface area contributed by atoms with Crippen LogP contribution in [0, 0.1) is 0 Å². The third-order valence-electron chi connectivity index (χ3n) is 4.55. The molecule has 2 rings (SSSR count). The SMILES string of the molecule is CCN1CCCC[C@H]1c1cccnc1N(C(C)C)C(C)C. The van der Waals surface area contributed by atoms with E-state index in [1.807, 2.05) is 6.20 Å². The van der Waals surface area contributed by atoms with E-state index in [9.17, 15) is 0 Å². The van der Waals surface area contributed by atoms with Crippen LogP contribution in [0.3, 0.4) is 0 Å². The Balaban J connectivity index is 2.39. The molecule has 0 bridgehead atoms. The van der Waals surface area contributed by atoms with Crippen LogP contribution >= 0.6 is 0 Å². The van der Waals surface area contributed by atoms with Crippen molar-refractivity contribution >= 4 is 5.82 Å². The molecular formula is C18H31N3. The second-order valence-corrected chi connectivity index (χ2v) is 6.65. The van der Waals surface area contributed by atoms with E-state index in [0.717, 1.165) is 6.54 Å². The molecule has 3 heteroatoms. The molecule has 1 aliphatic rings. The van der Waals surface area contributed by atoms with Crippen molar-refractivity contribution in [1.82, 2.24) is 9.88 Å². The number of hydrogen-bond donors (Lipinski definition) is 0. The first-order valence-electron chi connectivity index (χ1n) is 8.53. The van der Waals surface area contributed by atoms with Gasteiger partial charge < -0.3 is 4.90 Å². The summed E-state index contributed by atoms with van der Waals surface area (Å²) in [6.45, 7) is 13.7. The Hall–Kier alpha value is -1.09. The number of nitrogens with zero attached hydrogens (tertiary/aromatic N) is 3. The summed E-state index contributed by atoms with van der Waals surface area (Å²) in [4.78, 5) is 9.83. The molecule has 0 N–H and O–H groups in total. The highest BCUT2D eigenvalue weighted by Crippen LogP contribution is 2.36. The minimum Gasteiger partial charge on any atom is -0.351 e. The lowest BCUT2D eigenvalue weighted by molar-refractivity contribution is 0.157. The second-order valence-electron chi connectivity index (χ2n) is 6.65. The Kier molecular flexibility index (Phi) is 5.63. The van der Waals surface area contributed by atoms with Gasteiger partial charge in [0.15, 0.2) is 0 Å². The third-order valence-corrected chi connectivity index (χ3v) is 4.55. The molecule has 3 nitrogen and oxygen atoms in total. The van der Waals surface area contributed by atoms with Crippen LogP contribution in [0.1, 0.15) is 65.5 Å². The minimum atomic E-state index is 0.470. The van der Waals surface area contributed by atoms with Crippen LogP contribution in [0.25, 0.3) is 0 Å². The molecule has 1 aromatic heterocycles. The molecule has 0 unspecified atom stereocenters. The molecule has 0 amide bonds. The molecule has 1 aliphatic heterocycles. The van der Waals surface area contributed by atoms with Gasteiger partial charge in [0.25, 0.3) is 0 Å². The quantitative estimate of drug-likeness (QED) is 0.807. The van der Waals surface area contributed by atoms with Crippen molar-refractivity contribution in [2.45, 2.75) is 72.0 Å². The molecule has 1 fully saturated rings. The first-order chi connectivity index (χ1) is 10.1. The van der Waals surface area contributed by atoms with Crippen molar-refractivity contribution in [3.8, 4) is 0 Å². The molecule has 2 heterocycles. The highest BCUT2D eigenvalue weighted by molar-refractivity contribution is 5.50. The average Bonchev–Trinajstić information content (AvgIpc) is 2.47. The number of aromatic nitrogens is 1. The van der Waals surface area contributed by atoms with Crippen molar-refractivity contribution in [3.05, 3.63) is 23.9 Å². The number of piperidine rings is 1. The zero-order chi connectivity index (χ0) is 15.4. The Labute approximate surface area is 130 Å². The molecule has 0 spiro atoms. The van der Waals surface area contributed by atoms with E-state index in [0.29, 0.717) is 18.1 Å². The topological polar surface area (TPSA) is 19.4 Å². The largest absolute Gasteiger partial charge is 0.351 e. The van der Waals surface area contributed by atoms with Crippen LogP contribution in [-0.4, -0.2) is 35.1 Å². The lowest BCUT2D eigenvalue weighted by Gasteiger charge is -2.39. The van der Waals surface area contributed by atoms with Gasteiger partial charge in [-0.15, -0.1) is 0 Å². The minimum absolute atomic E-state index is 0.470. The van der Waals surface area contributed by atoms with Gasteiger partial charge in [-0.25, -0.2) is 4.98 Å². The first kappa shape index (κ1) is 16.3. The van der Waals surface area contributed by atoms with Gasteiger partial charge in [0.1, 0.15) is 5.82 Å². The molecule has 0 saturated carbocycles. The maximum atomic E-state index is 4.76. The van der Waals surface area contributed by atoms with Gasteiger partial charge in [0, 0.05) is 29.9 Å². The smallest absolute Gasteiger partial charge is 0.133 e. The number of hydrogen-bond acceptors (Lipinski definition) is 3. The number of anilines is 1. The highest BCUT2D eigenvalue weighted by Gasteiger charge is 2.28. The predicted octanol–water partition coefficient (Wildman–Crippen LogP) is 4.25. The lowest BCUT2D eigenvalue weighted by Crippen LogP contribution is -2.40. The van der Waals surface area contributed by atoms with E-state index in [-0.39, 0.29) is 0 Å². The van der Waals surface area contributed by atoms with Crippen LogP contribution in [0.2, 0.25) is 0 Å². The summed E-state index contributed by atoms with van der Waals surface area (Å²) in [5.41, 5.74) is 1.42. The molecule has 1 saturated heterocycles. The van der Waals surface area contributed by atoms with Crippen molar-refractivity contribution in [2.75, 3.05) is 18.0 Å². The van der Waals surface area contributed by atoms with Crippen LogP contribution in [-0.2, 0) is 0 Å². The highest BCUT2D eigenvalue weighted by atomic mass is 15.2. The Bertz CT molecular complexity index is 434. The Morgan fingerprint density at radius 3 is 2.57 bits per heavy atom. The molecular weight excluding hydrogens is 258 g/mol. The number of rotatable bonds is 5.